The van der Waals surface area contributed by atoms with Crippen LogP contribution in [0.5, 0.6) is 11.5 Å². The Balaban J connectivity index is 0.000000170. The number of Topliss-reactive ketones (excluding diaryl/α,β-unsaturated/α-hetero) is 1. The van der Waals surface area contributed by atoms with E-state index in [1.165, 1.54) is 44.6 Å². The summed E-state index contributed by atoms with van der Waals surface area (Å²) in [6, 6.07) is 29.7. The molecule has 2 aliphatic rings. The number of carbonyl (C=O) groups is 1. The van der Waals surface area contributed by atoms with Crippen molar-refractivity contribution in [3.8, 4) is 11.5 Å². The van der Waals surface area contributed by atoms with Gasteiger partial charge in [0.2, 0.25) is 0 Å². The van der Waals surface area contributed by atoms with Crippen LogP contribution in [-0.2, 0) is 24.1 Å². The molecule has 0 amide bonds. The summed E-state index contributed by atoms with van der Waals surface area (Å²) in [5.74, 6) is 2.25. The molecule has 3 N–H and O–H groups in total. The van der Waals surface area contributed by atoms with Gasteiger partial charge in [-0.2, -0.15) is 0 Å². The Morgan fingerprint density at radius 1 is 0.689 bits per heavy atom. The molecule has 5 nitrogen and oxygen atoms in total. The number of hydrogen-bond acceptors (Lipinski definition) is 5. The van der Waals surface area contributed by atoms with E-state index < -0.39 is 0 Å². The van der Waals surface area contributed by atoms with E-state index in [9.17, 15) is 4.79 Å². The molecule has 4 aromatic rings. The fourth-order valence-electron chi connectivity index (χ4n) is 5.71. The highest BCUT2D eigenvalue weighted by molar-refractivity contribution is 5.83. The van der Waals surface area contributed by atoms with E-state index in [2.05, 4.69) is 92.8 Å². The molecule has 0 spiro atoms. The SMILES string of the molecule is COc1cccc2c1CCC(=O)C2.COc1cccc2c1CCC(N[C@H](C)c1ccc(C)cc1)=C2.Cc1ccc([C@@H](C)N)cc1. The van der Waals surface area contributed by atoms with Crippen LogP contribution in [0.25, 0.3) is 6.08 Å². The van der Waals surface area contributed by atoms with Crippen LogP contribution in [0.4, 0.5) is 0 Å². The summed E-state index contributed by atoms with van der Waals surface area (Å²) >= 11 is 0. The molecule has 0 saturated carbocycles. The average molecular weight is 605 g/mol. The summed E-state index contributed by atoms with van der Waals surface area (Å²) in [5.41, 5.74) is 17.0. The number of carbonyl (C=O) groups excluding carboxylic acids is 1. The first-order valence-corrected chi connectivity index (χ1v) is 15.9. The van der Waals surface area contributed by atoms with Crippen LogP contribution in [0.2, 0.25) is 0 Å². The molecule has 0 heterocycles. The van der Waals surface area contributed by atoms with Crippen molar-refractivity contribution in [3.63, 3.8) is 0 Å². The maximum Gasteiger partial charge on any atom is 0.137 e. The second-order valence-electron chi connectivity index (χ2n) is 12.0. The van der Waals surface area contributed by atoms with Crippen molar-refractivity contribution in [2.75, 3.05) is 14.2 Å². The highest BCUT2D eigenvalue weighted by Crippen LogP contribution is 2.31. The van der Waals surface area contributed by atoms with E-state index in [1.54, 1.807) is 14.2 Å². The van der Waals surface area contributed by atoms with Crippen LogP contribution < -0.4 is 20.5 Å². The quantitative estimate of drug-likeness (QED) is 0.231. The van der Waals surface area contributed by atoms with Crippen LogP contribution in [0.3, 0.4) is 0 Å². The molecule has 0 bridgehead atoms. The normalized spacial score (nSPS) is 14.6. The maximum atomic E-state index is 11.2. The number of benzene rings is 4. The molecular formula is C40H48N2O3. The first-order chi connectivity index (χ1) is 21.7. The molecule has 0 saturated heterocycles. The molecule has 45 heavy (non-hydrogen) atoms. The fraction of sp³-hybridized carbons (Fsp3) is 0.325. The third-order valence-corrected chi connectivity index (χ3v) is 8.44. The summed E-state index contributed by atoms with van der Waals surface area (Å²) in [6.45, 7) is 8.40. The van der Waals surface area contributed by atoms with Gasteiger partial charge < -0.3 is 20.5 Å². The molecule has 2 aliphatic carbocycles. The molecule has 2 atom stereocenters. The summed E-state index contributed by atoms with van der Waals surface area (Å²) < 4.78 is 10.7. The number of fused-ring (bicyclic) bond motifs is 2. The number of nitrogens with two attached hydrogens (primary N) is 1. The van der Waals surface area contributed by atoms with E-state index in [1.807, 2.05) is 31.2 Å². The first-order valence-electron chi connectivity index (χ1n) is 15.9. The Labute approximate surface area is 269 Å². The molecule has 4 aromatic carbocycles. The van der Waals surface area contributed by atoms with E-state index >= 15 is 0 Å². The second kappa shape index (κ2) is 16.1. The first kappa shape index (κ1) is 33.5. The molecule has 6 rings (SSSR count). The fourth-order valence-corrected chi connectivity index (χ4v) is 5.71. The summed E-state index contributed by atoms with van der Waals surface area (Å²) in [6.07, 6.45) is 6.38. The van der Waals surface area contributed by atoms with Crippen molar-refractivity contribution >= 4 is 11.9 Å². The average Bonchev–Trinajstić information content (AvgIpc) is 3.05. The number of ether oxygens (including phenoxy) is 2. The molecule has 0 radical (unpaired) electrons. The highest BCUT2D eigenvalue weighted by Gasteiger charge is 2.18. The second-order valence-corrected chi connectivity index (χ2v) is 12.0. The van der Waals surface area contributed by atoms with Gasteiger partial charge in [-0.15, -0.1) is 0 Å². The van der Waals surface area contributed by atoms with Crippen molar-refractivity contribution in [3.05, 3.63) is 135 Å². The number of rotatable bonds is 6. The summed E-state index contributed by atoms with van der Waals surface area (Å²) in [4.78, 5) is 11.2. The lowest BCUT2D eigenvalue weighted by Gasteiger charge is -2.23. The van der Waals surface area contributed by atoms with E-state index in [4.69, 9.17) is 15.2 Å². The number of allylic oxidation sites excluding steroid dienone is 1. The van der Waals surface area contributed by atoms with Gasteiger partial charge in [0.1, 0.15) is 17.3 Å². The van der Waals surface area contributed by atoms with Crippen LogP contribution in [0, 0.1) is 13.8 Å². The van der Waals surface area contributed by atoms with Crippen molar-refractivity contribution in [1.82, 2.24) is 5.32 Å². The zero-order valence-corrected chi connectivity index (χ0v) is 27.7. The van der Waals surface area contributed by atoms with E-state index in [-0.39, 0.29) is 6.04 Å². The Hall–Kier alpha value is -4.35. The van der Waals surface area contributed by atoms with Crippen LogP contribution >= 0.6 is 0 Å². The zero-order valence-electron chi connectivity index (χ0n) is 27.7. The van der Waals surface area contributed by atoms with Gasteiger partial charge in [0.15, 0.2) is 0 Å². The predicted molar refractivity (Wildman–Crippen MR) is 186 cm³/mol. The molecule has 0 aromatic heterocycles. The highest BCUT2D eigenvalue weighted by atomic mass is 16.5. The summed E-state index contributed by atoms with van der Waals surface area (Å²) in [7, 11) is 3.42. The Morgan fingerprint density at radius 3 is 1.84 bits per heavy atom. The van der Waals surface area contributed by atoms with Gasteiger partial charge in [-0.3, -0.25) is 4.79 Å². The minimum Gasteiger partial charge on any atom is -0.496 e. The lowest BCUT2D eigenvalue weighted by molar-refractivity contribution is -0.118. The van der Waals surface area contributed by atoms with Crippen molar-refractivity contribution in [2.24, 2.45) is 5.73 Å². The molecule has 236 valence electrons. The molecule has 0 unspecified atom stereocenters. The lowest BCUT2D eigenvalue weighted by atomic mass is 9.90. The van der Waals surface area contributed by atoms with Crippen LogP contribution in [-0.4, -0.2) is 20.0 Å². The minimum atomic E-state index is 0.153. The van der Waals surface area contributed by atoms with Gasteiger partial charge in [-0.25, -0.2) is 0 Å². The van der Waals surface area contributed by atoms with Crippen LogP contribution in [0.15, 0.2) is 90.6 Å². The van der Waals surface area contributed by atoms with Gasteiger partial charge in [-0.1, -0.05) is 83.9 Å². The Bertz CT molecular complexity index is 1590. The predicted octanol–water partition coefficient (Wildman–Crippen LogP) is 8.41. The maximum absolute atomic E-state index is 11.2. The van der Waals surface area contributed by atoms with Gasteiger partial charge in [0.05, 0.1) is 14.2 Å². The number of ketones is 1. The van der Waals surface area contributed by atoms with Gasteiger partial charge in [0, 0.05) is 36.2 Å². The number of aryl methyl sites for hydroxylation is 2. The van der Waals surface area contributed by atoms with Crippen LogP contribution in [0.1, 0.15) is 83.3 Å². The summed E-state index contributed by atoms with van der Waals surface area (Å²) in [5, 5.41) is 3.65. The van der Waals surface area contributed by atoms with Crippen molar-refractivity contribution < 1.29 is 14.3 Å². The number of nitrogens with one attached hydrogen (secondary N) is 1. The molecule has 0 fully saturated rings. The third-order valence-electron chi connectivity index (χ3n) is 8.44. The Kier molecular flexibility index (Phi) is 12.0. The zero-order chi connectivity index (χ0) is 32.3. The number of hydrogen-bond donors (Lipinski definition) is 2. The molecule has 0 aliphatic heterocycles. The van der Waals surface area contributed by atoms with Gasteiger partial charge >= 0.3 is 0 Å². The monoisotopic (exact) mass is 604 g/mol. The van der Waals surface area contributed by atoms with E-state index in [0.29, 0.717) is 24.7 Å². The molecular weight excluding hydrogens is 556 g/mol. The van der Waals surface area contributed by atoms with E-state index in [0.717, 1.165) is 36.3 Å². The van der Waals surface area contributed by atoms with Crippen molar-refractivity contribution in [2.45, 2.75) is 71.9 Å². The van der Waals surface area contributed by atoms with Gasteiger partial charge in [-0.05, 0) is 93.0 Å². The van der Waals surface area contributed by atoms with Crippen molar-refractivity contribution in [1.29, 1.82) is 0 Å². The Morgan fingerprint density at radius 2 is 1.24 bits per heavy atom. The largest absolute Gasteiger partial charge is 0.496 e. The van der Waals surface area contributed by atoms with Gasteiger partial charge in [0.25, 0.3) is 0 Å². The number of methoxy groups -OCH3 is 2. The standard InChI is InChI=1S/C20H23NO.C11H12O2.C9H13N/c1-14-7-9-16(10-8-14)15(2)21-18-11-12-19-17(13-18)5-4-6-20(19)22-3;1-13-11-4-2-3-8-7-9(12)5-6-10(8)11;1-7-3-5-9(6-4-7)8(2)10/h4-10,13,15,21H,11-12H2,1-3H3;2-4H,5-7H2,1H3;3-6,8H,10H2,1-2H3/t15-;;8-/m1.1/s1. The topological polar surface area (TPSA) is 73.6 Å². The lowest BCUT2D eigenvalue weighted by Crippen LogP contribution is -2.20. The molecule has 5 heteroatoms. The third kappa shape index (κ3) is 9.32. The smallest absolute Gasteiger partial charge is 0.137 e. The minimum absolute atomic E-state index is 0.153.